The number of ether oxygens (including phenoxy) is 1. The van der Waals surface area contributed by atoms with Crippen molar-refractivity contribution in [1.82, 2.24) is 9.55 Å². The Morgan fingerprint density at radius 3 is 2.90 bits per heavy atom. The lowest BCUT2D eigenvalue weighted by molar-refractivity contribution is -0.0527. The summed E-state index contributed by atoms with van der Waals surface area (Å²) in [6, 6.07) is 0. The van der Waals surface area contributed by atoms with Crippen LogP contribution in [0.15, 0.2) is 22.9 Å². The Bertz CT molecular complexity index is 694. The molecule has 3 atom stereocenters. The van der Waals surface area contributed by atoms with Crippen molar-refractivity contribution in [3.05, 3.63) is 34.1 Å². The summed E-state index contributed by atoms with van der Waals surface area (Å²) in [5, 5.41) is 19.1. The highest BCUT2D eigenvalue weighted by Gasteiger charge is 2.40. The molecule has 7 nitrogen and oxygen atoms in total. The van der Waals surface area contributed by atoms with Gasteiger partial charge in [0, 0.05) is 34.4 Å². The maximum Gasteiger partial charge on any atom is 0.351 e. The number of hydrogen-bond acceptors (Lipinski definition) is 6. The van der Waals surface area contributed by atoms with Crippen LogP contribution in [0, 0.1) is 9.85 Å². The van der Waals surface area contributed by atoms with E-state index < -0.39 is 30.7 Å². The second-order valence-corrected chi connectivity index (χ2v) is 4.74. The summed E-state index contributed by atoms with van der Waals surface area (Å²) in [6.07, 6.45) is -2.22. The quantitative estimate of drug-likeness (QED) is 0.458. The molecule has 0 aromatic carbocycles. The number of aromatic nitrogens is 2. The summed E-state index contributed by atoms with van der Waals surface area (Å²) in [4.78, 5) is 15.5. The number of rotatable bonds is 2. The zero-order chi connectivity index (χ0) is 15.6. The summed E-state index contributed by atoms with van der Waals surface area (Å²) in [7, 11) is 0. The minimum absolute atomic E-state index is 0.0483. The van der Waals surface area contributed by atoms with Crippen LogP contribution >= 0.6 is 22.6 Å². The number of hydrogen-bond donors (Lipinski definition) is 3. The molecule has 1 aliphatic heterocycles. The van der Waals surface area contributed by atoms with Crippen molar-refractivity contribution in [1.29, 1.82) is 0 Å². The minimum atomic E-state index is -1.42. The van der Waals surface area contributed by atoms with Gasteiger partial charge in [0.25, 0.3) is 0 Å². The summed E-state index contributed by atoms with van der Waals surface area (Å²) < 4.78 is 21.6. The first-order valence-corrected chi connectivity index (χ1v) is 6.86. The van der Waals surface area contributed by atoms with E-state index >= 15 is 0 Å². The molecule has 21 heavy (non-hydrogen) atoms. The largest absolute Gasteiger partial charge is 0.393 e. The number of aliphatic hydroxyl groups is 2. The van der Waals surface area contributed by atoms with E-state index in [1.807, 2.05) is 0 Å². The van der Waals surface area contributed by atoms with Crippen LogP contribution < -0.4 is 11.4 Å². The normalized spacial score (nSPS) is 26.7. The van der Waals surface area contributed by atoms with E-state index in [9.17, 15) is 14.3 Å². The number of nitrogens with zero attached hydrogens (tertiary/aromatic N) is 2. The zero-order valence-electron chi connectivity index (χ0n) is 10.5. The average Bonchev–Trinajstić information content (AvgIpc) is 2.78. The van der Waals surface area contributed by atoms with Crippen molar-refractivity contribution in [2.45, 2.75) is 18.4 Å². The minimum Gasteiger partial charge on any atom is -0.393 e. The molecular weight excluding hydrogens is 396 g/mol. The molecule has 4 N–H and O–H groups in total. The van der Waals surface area contributed by atoms with Gasteiger partial charge in [0.15, 0.2) is 6.23 Å². The van der Waals surface area contributed by atoms with E-state index in [-0.39, 0.29) is 23.3 Å². The number of aliphatic hydroxyl groups excluding tert-OH is 2. The van der Waals surface area contributed by atoms with E-state index in [4.69, 9.17) is 15.6 Å². The lowest BCUT2D eigenvalue weighted by atomic mass is 10.1. The summed E-state index contributed by atoms with van der Waals surface area (Å²) in [6.45, 7) is -0.527. The highest BCUT2D eigenvalue weighted by Crippen LogP contribution is 2.32. The highest BCUT2D eigenvalue weighted by molar-refractivity contribution is 14.1. The fourth-order valence-corrected chi connectivity index (χ4v) is 2.28. The Hall–Kier alpha value is -1.48. The van der Waals surface area contributed by atoms with Crippen LogP contribution in [0.1, 0.15) is 11.8 Å². The van der Waals surface area contributed by atoms with Crippen LogP contribution in [0.2, 0.25) is 0 Å². The molecule has 9 heteroatoms. The van der Waals surface area contributed by atoms with Gasteiger partial charge in [0.1, 0.15) is 18.0 Å². The monoisotopic (exact) mass is 407 g/mol. The van der Waals surface area contributed by atoms with E-state index in [0.717, 1.165) is 4.57 Å². The third-order valence-electron chi connectivity index (χ3n) is 3.02. The van der Waals surface area contributed by atoms with Crippen molar-refractivity contribution in [2.75, 3.05) is 12.3 Å². The molecule has 0 spiro atoms. The maximum absolute atomic E-state index is 12.8. The van der Waals surface area contributed by atoms with Gasteiger partial charge in [-0.05, 0) is 3.93 Å². The Labute approximate surface area is 132 Å². The highest BCUT2D eigenvalue weighted by atomic mass is 127. The predicted molar refractivity (Wildman–Crippen MR) is 80.0 cm³/mol. The van der Waals surface area contributed by atoms with Gasteiger partial charge in [-0.2, -0.15) is 4.98 Å². The Kier molecular flexibility index (Phi) is 4.94. The molecule has 1 aromatic heterocycles. The van der Waals surface area contributed by atoms with Crippen LogP contribution in [0.4, 0.5) is 10.2 Å². The molecule has 1 aromatic rings. The van der Waals surface area contributed by atoms with E-state index in [2.05, 4.69) is 14.8 Å². The Morgan fingerprint density at radius 1 is 1.67 bits per heavy atom. The topological polar surface area (TPSA) is 111 Å². The van der Waals surface area contributed by atoms with E-state index in [1.54, 1.807) is 22.6 Å². The van der Waals surface area contributed by atoms with Gasteiger partial charge in [-0.3, -0.25) is 4.57 Å². The number of nitrogens with two attached hydrogens (primary N) is 1. The molecule has 3 unspecified atom stereocenters. The van der Waals surface area contributed by atoms with Gasteiger partial charge >= 0.3 is 5.69 Å². The first kappa shape index (κ1) is 15.9. The number of nitrogen functional groups attached to an aromatic ring is 1. The maximum atomic E-state index is 12.8. The van der Waals surface area contributed by atoms with Crippen LogP contribution in [0.3, 0.4) is 0 Å². The number of anilines is 1. The van der Waals surface area contributed by atoms with Crippen LogP contribution in [0.25, 0.3) is 0 Å². The van der Waals surface area contributed by atoms with Gasteiger partial charge in [-0.15, -0.1) is 0 Å². The smallest absolute Gasteiger partial charge is 0.351 e. The molecule has 112 valence electrons. The molecule has 2 rings (SSSR count). The van der Waals surface area contributed by atoms with E-state index in [0.29, 0.717) is 0 Å². The van der Waals surface area contributed by atoms with Gasteiger partial charge < -0.3 is 20.7 Å². The Morgan fingerprint density at radius 2 is 2.38 bits per heavy atom. The van der Waals surface area contributed by atoms with Crippen LogP contribution in [0.5, 0.6) is 0 Å². The molecule has 1 saturated heterocycles. The summed E-state index contributed by atoms with van der Waals surface area (Å²) in [5.41, 5.74) is 4.93. The third-order valence-corrected chi connectivity index (χ3v) is 3.29. The average molecular weight is 407 g/mol. The van der Waals surface area contributed by atoms with Gasteiger partial charge in [-0.1, -0.05) is 5.92 Å². The first-order chi connectivity index (χ1) is 10.0. The molecular formula is C12H11FIN3O4. The molecule has 1 aliphatic rings. The fraction of sp³-hybridized carbons (Fsp3) is 0.333. The summed E-state index contributed by atoms with van der Waals surface area (Å²) >= 11 is 1.79. The Balaban J connectivity index is 2.49. The van der Waals surface area contributed by atoms with Crippen molar-refractivity contribution >= 4 is 28.4 Å². The standard InChI is InChI=1S/C12H11FIN3O4/c13-3-7-8(5-18)21-11(9(7)19)17-4-6(1-2-14)10(15)16-12(17)20/h3-4,8-9,11,18-19H,5H2,(H2,15,16,20)/b7-3-. The predicted octanol–water partition coefficient (Wildman–Crippen LogP) is -0.326. The van der Waals surface area contributed by atoms with Gasteiger partial charge in [0.05, 0.1) is 18.5 Å². The molecule has 0 saturated carbocycles. The second-order valence-electron chi connectivity index (χ2n) is 4.20. The lowest BCUT2D eigenvalue weighted by Gasteiger charge is -2.17. The van der Waals surface area contributed by atoms with Crippen LogP contribution in [-0.2, 0) is 4.74 Å². The first-order valence-electron chi connectivity index (χ1n) is 5.78. The van der Waals surface area contributed by atoms with Gasteiger partial charge in [-0.25, -0.2) is 9.18 Å². The second kappa shape index (κ2) is 6.52. The van der Waals surface area contributed by atoms with Crippen molar-refractivity contribution < 1.29 is 19.3 Å². The van der Waals surface area contributed by atoms with Crippen molar-refractivity contribution in [2.24, 2.45) is 0 Å². The lowest BCUT2D eigenvalue weighted by Crippen LogP contribution is -2.33. The van der Waals surface area contributed by atoms with Crippen molar-refractivity contribution in [3.63, 3.8) is 0 Å². The molecule has 0 radical (unpaired) electrons. The van der Waals surface area contributed by atoms with E-state index in [1.165, 1.54) is 6.20 Å². The molecule has 0 aliphatic carbocycles. The molecule has 0 amide bonds. The summed E-state index contributed by atoms with van der Waals surface area (Å²) in [5.74, 6) is 2.60. The molecule has 0 bridgehead atoms. The SMILES string of the molecule is Nc1nc(=O)n(C2OC(CO)/C(=C/F)C2O)cc1C#CI. The number of halogens is 2. The van der Waals surface area contributed by atoms with Crippen LogP contribution in [-0.4, -0.2) is 38.6 Å². The zero-order valence-corrected chi connectivity index (χ0v) is 12.7. The third kappa shape index (κ3) is 2.93. The molecule has 2 heterocycles. The van der Waals surface area contributed by atoms with Gasteiger partial charge in [0.2, 0.25) is 0 Å². The van der Waals surface area contributed by atoms with Crippen molar-refractivity contribution in [3.8, 4) is 9.85 Å². The fourth-order valence-electron chi connectivity index (χ4n) is 1.99. The molecule has 1 fully saturated rings.